The Morgan fingerprint density at radius 1 is 1.64 bits per heavy atom. The van der Waals surface area contributed by atoms with E-state index < -0.39 is 22.2 Å². The van der Waals surface area contributed by atoms with Gasteiger partial charge in [0.05, 0.1) is 5.25 Å². The molecule has 0 saturated carbocycles. The fraction of sp³-hybridized carbons (Fsp3) is 0.846. The minimum Gasteiger partial charge on any atom is -0.369 e. The van der Waals surface area contributed by atoms with Gasteiger partial charge in [-0.15, -0.1) is 0 Å². The smallest absolute Gasteiger partial charge is 0.226 e. The Bertz CT molecular complexity index is 503. The largest absolute Gasteiger partial charge is 0.369 e. The van der Waals surface area contributed by atoms with Gasteiger partial charge >= 0.3 is 0 Å². The lowest BCUT2D eigenvalue weighted by Crippen LogP contribution is -2.65. The summed E-state index contributed by atoms with van der Waals surface area (Å²) in [4.78, 5) is 26.6. The van der Waals surface area contributed by atoms with Gasteiger partial charge in [-0.3, -0.25) is 9.59 Å². The molecule has 2 N–H and O–H groups in total. The first-order valence-electron chi connectivity index (χ1n) is 7.20. The van der Waals surface area contributed by atoms with Crippen molar-refractivity contribution in [2.24, 2.45) is 0 Å². The maximum atomic E-state index is 11.9. The Morgan fingerprint density at radius 2 is 2.27 bits per heavy atom. The number of aliphatic hydroxyl groups is 1. The number of carbonyl (C=O) groups is 2. The van der Waals surface area contributed by atoms with Gasteiger partial charge in [-0.1, -0.05) is 0 Å². The standard InChI is InChI=1S/C13H22N2O5S2/c1-8-7-13(18)10(6-12(17)15(8)13)21-5-4-11(16)14(3)9(2)22(19)20/h8-10,18H,4-7H2,1-3H3,(H,19,20)/t8?,9-,10?,13?/m1/s1. The Hall–Kier alpha value is -0.640. The van der Waals surface area contributed by atoms with Crippen molar-refractivity contribution in [3.8, 4) is 0 Å². The second-order valence-corrected chi connectivity index (χ2v) is 8.43. The van der Waals surface area contributed by atoms with E-state index in [9.17, 15) is 18.9 Å². The molecule has 0 aromatic heterocycles. The summed E-state index contributed by atoms with van der Waals surface area (Å²) in [5, 5.41) is 9.54. The molecule has 9 heteroatoms. The summed E-state index contributed by atoms with van der Waals surface area (Å²) in [6, 6.07) is 0.0799. The highest BCUT2D eigenvalue weighted by atomic mass is 32.2. The molecule has 0 radical (unpaired) electrons. The quantitative estimate of drug-likeness (QED) is 0.665. The van der Waals surface area contributed by atoms with Crippen LogP contribution in [0, 0.1) is 0 Å². The maximum absolute atomic E-state index is 11.9. The molecule has 2 aliphatic heterocycles. The fourth-order valence-electron chi connectivity index (χ4n) is 3.06. The minimum atomic E-state index is -2.08. The molecule has 0 spiro atoms. The van der Waals surface area contributed by atoms with Crippen LogP contribution in [0.1, 0.15) is 33.1 Å². The van der Waals surface area contributed by atoms with Gasteiger partial charge in [-0.05, 0) is 13.8 Å². The number of nitrogens with zero attached hydrogens (tertiary/aromatic N) is 2. The summed E-state index contributed by atoms with van der Waals surface area (Å²) < 4.78 is 20.0. The Kier molecular flexibility index (Phi) is 5.20. The average Bonchev–Trinajstić information content (AvgIpc) is 2.62. The Balaban J connectivity index is 1.81. The van der Waals surface area contributed by atoms with E-state index in [-0.39, 0.29) is 29.5 Å². The number of hydrogen-bond acceptors (Lipinski definition) is 5. The van der Waals surface area contributed by atoms with Crippen LogP contribution < -0.4 is 0 Å². The van der Waals surface area contributed by atoms with E-state index >= 15 is 0 Å². The number of amides is 2. The Labute approximate surface area is 136 Å². The summed E-state index contributed by atoms with van der Waals surface area (Å²) in [5.74, 6) is 0.209. The van der Waals surface area contributed by atoms with Crippen LogP contribution in [0.25, 0.3) is 0 Å². The normalized spacial score (nSPS) is 33.1. The van der Waals surface area contributed by atoms with E-state index in [1.807, 2.05) is 6.92 Å². The van der Waals surface area contributed by atoms with Crippen molar-refractivity contribution in [1.29, 1.82) is 0 Å². The van der Waals surface area contributed by atoms with Gasteiger partial charge in [0.25, 0.3) is 0 Å². The van der Waals surface area contributed by atoms with E-state index in [4.69, 9.17) is 4.55 Å². The summed E-state index contributed by atoms with van der Waals surface area (Å²) >= 11 is -0.659. The van der Waals surface area contributed by atoms with Gasteiger partial charge in [0, 0.05) is 38.1 Å². The van der Waals surface area contributed by atoms with Gasteiger partial charge in [-0.2, -0.15) is 11.8 Å². The zero-order valence-corrected chi connectivity index (χ0v) is 14.5. The average molecular weight is 350 g/mol. The third kappa shape index (κ3) is 3.04. The predicted molar refractivity (Wildman–Crippen MR) is 84.4 cm³/mol. The molecule has 7 nitrogen and oxygen atoms in total. The lowest BCUT2D eigenvalue weighted by molar-refractivity contribution is -0.192. The van der Waals surface area contributed by atoms with Crippen molar-refractivity contribution in [3.63, 3.8) is 0 Å². The number of fused-ring (bicyclic) bond motifs is 1. The molecule has 0 bridgehead atoms. The molecule has 2 heterocycles. The molecule has 0 aliphatic carbocycles. The van der Waals surface area contributed by atoms with Crippen LogP contribution in [0.15, 0.2) is 0 Å². The van der Waals surface area contributed by atoms with Crippen molar-refractivity contribution >= 4 is 34.7 Å². The molecule has 2 aliphatic rings. The number of thioether (sulfide) groups is 1. The topological polar surface area (TPSA) is 98.1 Å². The second kappa shape index (κ2) is 6.46. The molecule has 2 rings (SSSR count). The van der Waals surface area contributed by atoms with Crippen LogP contribution in [0.2, 0.25) is 0 Å². The molecule has 2 fully saturated rings. The maximum Gasteiger partial charge on any atom is 0.226 e. The van der Waals surface area contributed by atoms with Gasteiger partial charge in [-0.25, -0.2) is 4.21 Å². The molecule has 4 unspecified atom stereocenters. The molecular weight excluding hydrogens is 328 g/mol. The van der Waals surface area contributed by atoms with Gasteiger partial charge in [0.1, 0.15) is 5.37 Å². The monoisotopic (exact) mass is 350 g/mol. The highest BCUT2D eigenvalue weighted by molar-refractivity contribution is 8.00. The van der Waals surface area contributed by atoms with Crippen LogP contribution in [0.4, 0.5) is 0 Å². The zero-order valence-electron chi connectivity index (χ0n) is 12.9. The van der Waals surface area contributed by atoms with E-state index in [2.05, 4.69) is 0 Å². The summed E-state index contributed by atoms with van der Waals surface area (Å²) in [5.41, 5.74) is -1.06. The van der Waals surface area contributed by atoms with E-state index in [0.29, 0.717) is 18.6 Å². The number of hydrogen-bond donors (Lipinski definition) is 2. The highest BCUT2D eigenvalue weighted by Gasteiger charge is 2.61. The van der Waals surface area contributed by atoms with Crippen LogP contribution in [-0.2, 0) is 20.7 Å². The molecule has 126 valence electrons. The first-order valence-corrected chi connectivity index (χ1v) is 9.41. The van der Waals surface area contributed by atoms with Crippen LogP contribution in [0.3, 0.4) is 0 Å². The summed E-state index contributed by atoms with van der Waals surface area (Å²) in [6.07, 6.45) is 1.08. The minimum absolute atomic E-state index is 0.0357. The third-order valence-electron chi connectivity index (χ3n) is 4.46. The van der Waals surface area contributed by atoms with Gasteiger partial charge in [0.2, 0.25) is 11.8 Å². The first kappa shape index (κ1) is 17.7. The fourth-order valence-corrected chi connectivity index (χ4v) is 4.76. The van der Waals surface area contributed by atoms with E-state index in [0.717, 1.165) is 0 Å². The predicted octanol–water partition coefficient (Wildman–Crippen LogP) is 0.218. The van der Waals surface area contributed by atoms with Gasteiger partial charge in [0.15, 0.2) is 16.8 Å². The molecule has 2 amide bonds. The van der Waals surface area contributed by atoms with E-state index in [1.54, 1.807) is 0 Å². The highest BCUT2D eigenvalue weighted by Crippen LogP contribution is 2.48. The summed E-state index contributed by atoms with van der Waals surface area (Å²) in [7, 11) is 1.49. The first-order chi connectivity index (χ1) is 10.2. The second-order valence-electron chi connectivity index (χ2n) is 5.89. The van der Waals surface area contributed by atoms with Crippen molar-refractivity contribution in [3.05, 3.63) is 0 Å². The van der Waals surface area contributed by atoms with Crippen molar-refractivity contribution in [1.82, 2.24) is 9.80 Å². The molecular formula is C13H22N2O5S2. The van der Waals surface area contributed by atoms with Crippen LogP contribution in [-0.4, -0.2) is 70.7 Å². The zero-order chi connectivity index (χ0) is 16.7. The SMILES string of the molecule is CC1CC2(O)C(SCCC(=O)N(C)[C@@H](C)S(=O)O)CC(=O)N12. The lowest BCUT2D eigenvalue weighted by Gasteiger charge is -2.51. The molecule has 22 heavy (non-hydrogen) atoms. The van der Waals surface area contributed by atoms with Crippen LogP contribution in [0.5, 0.6) is 0 Å². The van der Waals surface area contributed by atoms with Crippen molar-refractivity contribution < 1.29 is 23.5 Å². The lowest BCUT2D eigenvalue weighted by atomic mass is 9.91. The molecule has 0 aromatic rings. The molecule has 0 aromatic carbocycles. The number of rotatable bonds is 6. The van der Waals surface area contributed by atoms with Crippen molar-refractivity contribution in [2.75, 3.05) is 12.8 Å². The Morgan fingerprint density at radius 3 is 2.77 bits per heavy atom. The number of carbonyl (C=O) groups excluding carboxylic acids is 2. The van der Waals surface area contributed by atoms with E-state index in [1.165, 1.54) is 35.5 Å². The van der Waals surface area contributed by atoms with Crippen molar-refractivity contribution in [2.45, 2.75) is 55.5 Å². The van der Waals surface area contributed by atoms with Gasteiger partial charge < -0.3 is 19.5 Å². The molecule has 2 saturated heterocycles. The third-order valence-corrected chi connectivity index (χ3v) is 6.75. The van der Waals surface area contributed by atoms with Crippen LogP contribution >= 0.6 is 11.8 Å². The summed E-state index contributed by atoms with van der Waals surface area (Å²) in [6.45, 7) is 3.42. The molecule has 5 atom stereocenters.